The van der Waals surface area contributed by atoms with E-state index in [1.54, 1.807) is 42.2 Å². The fourth-order valence-electron chi connectivity index (χ4n) is 4.24. The van der Waals surface area contributed by atoms with E-state index in [-0.39, 0.29) is 23.4 Å². The maximum atomic E-state index is 15.1. The Hall–Kier alpha value is -2.45. The van der Waals surface area contributed by atoms with Gasteiger partial charge in [0.15, 0.2) is 0 Å². The van der Waals surface area contributed by atoms with E-state index in [9.17, 15) is 13.2 Å². The number of hydrogen-bond donors (Lipinski definition) is 0. The molecule has 0 unspecified atom stereocenters. The maximum Gasteiger partial charge on any atom is 0.243 e. The lowest BCUT2D eigenvalue weighted by Crippen LogP contribution is -2.48. The Morgan fingerprint density at radius 2 is 1.72 bits per heavy atom. The number of aryl methyl sites for hydroxylation is 1. The molecule has 0 aromatic heterocycles. The fourth-order valence-corrected chi connectivity index (χ4v) is 5.90. The van der Waals surface area contributed by atoms with Crippen LogP contribution in [0.2, 0.25) is 0 Å². The van der Waals surface area contributed by atoms with Crippen LogP contribution in [-0.4, -0.2) is 55.8 Å². The standard InChI is InChI=1S/C24H30FN3O3S/c1-18-6-10-23(11-7-18)32(30,31)28(21-4-3-5-21)17-20-8-9-22(16-24(20)25)27-14-12-26(13-15-27)19(2)29/h6-11,16,21H,3-5,12-15,17H2,1-2H3. The molecule has 1 heterocycles. The van der Waals surface area contributed by atoms with Gasteiger partial charge in [0.2, 0.25) is 15.9 Å². The molecule has 0 bridgehead atoms. The van der Waals surface area contributed by atoms with Crippen molar-refractivity contribution in [3.8, 4) is 0 Å². The van der Waals surface area contributed by atoms with Crippen molar-refractivity contribution < 1.29 is 17.6 Å². The largest absolute Gasteiger partial charge is 0.368 e. The van der Waals surface area contributed by atoms with Crippen LogP contribution >= 0.6 is 0 Å². The molecule has 2 aromatic carbocycles. The summed E-state index contributed by atoms with van der Waals surface area (Å²) in [6.45, 7) is 6.01. The molecule has 1 aliphatic heterocycles. The highest BCUT2D eigenvalue weighted by atomic mass is 32.2. The first-order chi connectivity index (χ1) is 15.3. The van der Waals surface area contributed by atoms with Gasteiger partial charge in [0.05, 0.1) is 4.90 Å². The van der Waals surface area contributed by atoms with Gasteiger partial charge in [0.1, 0.15) is 5.82 Å². The van der Waals surface area contributed by atoms with Crippen LogP contribution in [0.4, 0.5) is 10.1 Å². The number of amides is 1. The van der Waals surface area contributed by atoms with Crippen molar-refractivity contribution in [1.82, 2.24) is 9.21 Å². The average molecular weight is 460 g/mol. The Morgan fingerprint density at radius 1 is 1.06 bits per heavy atom. The Morgan fingerprint density at radius 3 is 2.25 bits per heavy atom. The van der Waals surface area contributed by atoms with Gasteiger partial charge in [-0.3, -0.25) is 4.79 Å². The number of nitrogens with zero attached hydrogens (tertiary/aromatic N) is 3. The third-order valence-corrected chi connectivity index (χ3v) is 8.48. The Kier molecular flexibility index (Phi) is 6.53. The molecule has 172 valence electrons. The summed E-state index contributed by atoms with van der Waals surface area (Å²) in [5.41, 5.74) is 2.12. The number of benzene rings is 2. The first kappa shape index (κ1) is 22.7. The molecule has 0 radical (unpaired) electrons. The number of anilines is 1. The van der Waals surface area contributed by atoms with E-state index in [0.717, 1.165) is 30.5 Å². The maximum absolute atomic E-state index is 15.1. The number of carbonyl (C=O) groups is 1. The third-order valence-electron chi connectivity index (χ3n) is 6.56. The van der Waals surface area contributed by atoms with E-state index in [0.29, 0.717) is 31.7 Å². The highest BCUT2D eigenvalue weighted by Gasteiger charge is 2.35. The molecule has 2 aromatic rings. The monoisotopic (exact) mass is 459 g/mol. The second-order valence-corrected chi connectivity index (χ2v) is 10.6. The minimum Gasteiger partial charge on any atom is -0.368 e. The molecule has 1 amide bonds. The Balaban J connectivity index is 1.53. The molecule has 0 atom stereocenters. The van der Waals surface area contributed by atoms with Crippen LogP contribution in [-0.2, 0) is 21.4 Å². The summed E-state index contributed by atoms with van der Waals surface area (Å²) >= 11 is 0. The smallest absolute Gasteiger partial charge is 0.243 e. The lowest BCUT2D eigenvalue weighted by molar-refractivity contribution is -0.129. The van der Waals surface area contributed by atoms with Crippen molar-refractivity contribution in [2.45, 2.75) is 50.6 Å². The fraction of sp³-hybridized carbons (Fsp3) is 0.458. The molecule has 1 aliphatic carbocycles. The number of carbonyl (C=O) groups excluding carboxylic acids is 1. The van der Waals surface area contributed by atoms with Gasteiger partial charge in [0, 0.05) is 56.9 Å². The predicted octanol–water partition coefficient (Wildman–Crippen LogP) is 3.55. The van der Waals surface area contributed by atoms with Crippen LogP contribution < -0.4 is 4.90 Å². The quantitative estimate of drug-likeness (QED) is 0.663. The van der Waals surface area contributed by atoms with E-state index >= 15 is 4.39 Å². The van der Waals surface area contributed by atoms with Crippen molar-refractivity contribution in [3.05, 3.63) is 59.4 Å². The SMILES string of the molecule is CC(=O)N1CCN(c2ccc(CN(C3CCC3)S(=O)(=O)c3ccc(C)cc3)c(F)c2)CC1. The Bertz CT molecular complexity index is 1080. The van der Waals surface area contributed by atoms with Crippen molar-refractivity contribution in [2.75, 3.05) is 31.1 Å². The molecule has 8 heteroatoms. The van der Waals surface area contributed by atoms with E-state index in [4.69, 9.17) is 0 Å². The van der Waals surface area contributed by atoms with Crippen molar-refractivity contribution >= 4 is 21.6 Å². The molecule has 32 heavy (non-hydrogen) atoms. The summed E-state index contributed by atoms with van der Waals surface area (Å²) in [7, 11) is -3.72. The topological polar surface area (TPSA) is 60.9 Å². The third kappa shape index (κ3) is 4.66. The highest BCUT2D eigenvalue weighted by molar-refractivity contribution is 7.89. The predicted molar refractivity (Wildman–Crippen MR) is 122 cm³/mol. The van der Waals surface area contributed by atoms with Gasteiger partial charge in [-0.05, 0) is 44.0 Å². The first-order valence-corrected chi connectivity index (χ1v) is 12.6. The average Bonchev–Trinajstić information content (AvgIpc) is 2.73. The number of halogens is 1. The molecular weight excluding hydrogens is 429 g/mol. The summed E-state index contributed by atoms with van der Waals surface area (Å²) < 4.78 is 43.3. The van der Waals surface area contributed by atoms with E-state index in [1.165, 1.54) is 10.4 Å². The molecule has 4 rings (SSSR count). The van der Waals surface area contributed by atoms with Gasteiger partial charge in [-0.15, -0.1) is 0 Å². The Labute approximate surface area is 189 Å². The molecule has 2 fully saturated rings. The van der Waals surface area contributed by atoms with Crippen molar-refractivity contribution in [3.63, 3.8) is 0 Å². The zero-order valence-electron chi connectivity index (χ0n) is 18.6. The summed E-state index contributed by atoms with van der Waals surface area (Å²) in [5, 5.41) is 0. The van der Waals surface area contributed by atoms with E-state index < -0.39 is 15.8 Å². The van der Waals surface area contributed by atoms with Crippen molar-refractivity contribution in [2.24, 2.45) is 0 Å². The zero-order chi connectivity index (χ0) is 22.9. The summed E-state index contributed by atoms with van der Waals surface area (Å²) in [4.78, 5) is 15.6. The minimum absolute atomic E-state index is 0.0190. The van der Waals surface area contributed by atoms with Gasteiger partial charge in [-0.25, -0.2) is 12.8 Å². The second kappa shape index (κ2) is 9.19. The molecule has 6 nitrogen and oxygen atoms in total. The molecule has 1 saturated heterocycles. The van der Waals surface area contributed by atoms with Gasteiger partial charge in [0.25, 0.3) is 0 Å². The van der Waals surface area contributed by atoms with Gasteiger partial charge in [-0.1, -0.05) is 30.2 Å². The van der Waals surface area contributed by atoms with Gasteiger partial charge >= 0.3 is 0 Å². The number of piperazine rings is 1. The van der Waals surface area contributed by atoms with E-state index in [1.807, 2.05) is 13.0 Å². The second-order valence-electron chi connectivity index (χ2n) is 8.72. The van der Waals surface area contributed by atoms with Gasteiger partial charge in [-0.2, -0.15) is 4.31 Å². The molecule has 2 aliphatic rings. The number of hydrogen-bond acceptors (Lipinski definition) is 4. The zero-order valence-corrected chi connectivity index (χ0v) is 19.4. The van der Waals surface area contributed by atoms with Crippen LogP contribution in [0.25, 0.3) is 0 Å². The lowest BCUT2D eigenvalue weighted by Gasteiger charge is -2.37. The van der Waals surface area contributed by atoms with Crippen LogP contribution in [0.5, 0.6) is 0 Å². The summed E-state index contributed by atoms with van der Waals surface area (Å²) in [6, 6.07) is 11.7. The molecular formula is C24H30FN3O3S. The van der Waals surface area contributed by atoms with Crippen LogP contribution in [0.15, 0.2) is 47.4 Å². The molecule has 0 N–H and O–H groups in total. The van der Waals surface area contributed by atoms with E-state index in [2.05, 4.69) is 4.90 Å². The summed E-state index contributed by atoms with van der Waals surface area (Å²) in [5.74, 6) is -0.350. The van der Waals surface area contributed by atoms with Crippen LogP contribution in [0.3, 0.4) is 0 Å². The van der Waals surface area contributed by atoms with Gasteiger partial charge < -0.3 is 9.80 Å². The number of rotatable bonds is 6. The first-order valence-electron chi connectivity index (χ1n) is 11.1. The lowest BCUT2D eigenvalue weighted by atomic mass is 9.93. The highest BCUT2D eigenvalue weighted by Crippen LogP contribution is 2.32. The number of sulfonamides is 1. The van der Waals surface area contributed by atoms with Crippen LogP contribution in [0, 0.1) is 12.7 Å². The normalized spacial score (nSPS) is 17.5. The molecule has 1 saturated carbocycles. The molecule has 0 spiro atoms. The minimum atomic E-state index is -3.72. The van der Waals surface area contributed by atoms with Crippen molar-refractivity contribution in [1.29, 1.82) is 0 Å². The summed E-state index contributed by atoms with van der Waals surface area (Å²) in [6.07, 6.45) is 2.58. The van der Waals surface area contributed by atoms with Crippen LogP contribution in [0.1, 0.15) is 37.3 Å².